The minimum absolute atomic E-state index is 0.296. The van der Waals surface area contributed by atoms with Crippen molar-refractivity contribution in [3.63, 3.8) is 0 Å². The minimum Gasteiger partial charge on any atom is -0.386 e. The van der Waals surface area contributed by atoms with Crippen molar-refractivity contribution in [2.45, 2.75) is 76.9 Å². The van der Waals surface area contributed by atoms with Gasteiger partial charge in [0.05, 0.1) is 12.9 Å². The lowest BCUT2D eigenvalue weighted by Gasteiger charge is -2.21. The van der Waals surface area contributed by atoms with E-state index in [0.717, 1.165) is 38.5 Å². The molecular formula is C20H33N5O4. The van der Waals surface area contributed by atoms with Gasteiger partial charge in [-0.2, -0.15) is 0 Å². The van der Waals surface area contributed by atoms with Crippen LogP contribution in [0.25, 0.3) is 11.2 Å². The number of hydrogen-bond acceptors (Lipinski definition) is 8. The molecule has 9 heteroatoms. The molecule has 0 spiro atoms. The maximum atomic E-state index is 11.0. The van der Waals surface area contributed by atoms with Crippen molar-refractivity contribution < 1.29 is 19.3 Å². The van der Waals surface area contributed by atoms with Crippen LogP contribution in [0, 0.1) is 0 Å². The summed E-state index contributed by atoms with van der Waals surface area (Å²) in [7, 11) is 0. The summed E-state index contributed by atoms with van der Waals surface area (Å²) in [6, 6.07) is 0. The Balaban J connectivity index is 1.71. The number of fused-ring (bicyclic) bond motifs is 1. The molecule has 2 aromatic heterocycles. The molecule has 1 aliphatic heterocycles. The van der Waals surface area contributed by atoms with Crippen LogP contribution >= 0.6 is 0 Å². The third-order valence-electron chi connectivity index (χ3n) is 5.20. The van der Waals surface area contributed by atoms with Gasteiger partial charge >= 0.3 is 0 Å². The molecule has 2 aromatic rings. The topological polar surface area (TPSA) is 118 Å². The van der Waals surface area contributed by atoms with Crippen molar-refractivity contribution >= 4 is 17.0 Å². The van der Waals surface area contributed by atoms with Gasteiger partial charge in [-0.25, -0.2) is 15.0 Å². The Morgan fingerprint density at radius 1 is 1.10 bits per heavy atom. The highest BCUT2D eigenvalue weighted by molar-refractivity contribution is 5.81. The van der Waals surface area contributed by atoms with Gasteiger partial charge in [0.2, 0.25) is 0 Å². The molecule has 9 nitrogen and oxygen atoms in total. The number of ether oxygens (including phenoxy) is 3. The van der Waals surface area contributed by atoms with Crippen LogP contribution in [0.3, 0.4) is 0 Å². The zero-order valence-corrected chi connectivity index (χ0v) is 17.4. The predicted octanol–water partition coefficient (Wildman–Crippen LogP) is 2.45. The Bertz CT molecular complexity index is 756. The van der Waals surface area contributed by atoms with Gasteiger partial charge < -0.3 is 25.1 Å². The molecule has 1 saturated heterocycles. The highest BCUT2D eigenvalue weighted by Crippen LogP contribution is 2.34. The molecule has 29 heavy (non-hydrogen) atoms. The Kier molecular flexibility index (Phi) is 8.17. The zero-order chi connectivity index (χ0) is 20.6. The first-order valence-corrected chi connectivity index (χ1v) is 10.6. The summed E-state index contributed by atoms with van der Waals surface area (Å²) < 4.78 is 19.7. The highest BCUT2D eigenvalue weighted by Gasteiger charge is 2.46. The second-order valence-corrected chi connectivity index (χ2v) is 7.46. The first kappa shape index (κ1) is 21.9. The van der Waals surface area contributed by atoms with E-state index in [1.807, 2.05) is 0 Å². The SMILES string of the molecule is CCCCCOC[C@H]1O[C@@H](n2cnc3c(N)ncnc32)[C@@H](O)[C@@H]1OCCCCC. The van der Waals surface area contributed by atoms with E-state index in [-0.39, 0.29) is 6.10 Å². The van der Waals surface area contributed by atoms with Crippen LogP contribution in [-0.4, -0.2) is 62.8 Å². The van der Waals surface area contributed by atoms with Crippen molar-refractivity contribution in [3.8, 4) is 0 Å². The highest BCUT2D eigenvalue weighted by atomic mass is 16.6. The number of aliphatic hydroxyl groups is 1. The number of nitrogens with two attached hydrogens (primary N) is 1. The van der Waals surface area contributed by atoms with E-state index in [4.69, 9.17) is 19.9 Å². The first-order valence-electron chi connectivity index (χ1n) is 10.6. The number of nitrogen functional groups attached to an aromatic ring is 1. The average molecular weight is 408 g/mol. The molecule has 0 aromatic carbocycles. The quantitative estimate of drug-likeness (QED) is 0.515. The molecule has 1 fully saturated rings. The maximum Gasteiger partial charge on any atom is 0.167 e. The average Bonchev–Trinajstić information content (AvgIpc) is 3.27. The summed E-state index contributed by atoms with van der Waals surface area (Å²) in [4.78, 5) is 12.5. The number of nitrogens with zero attached hydrogens (tertiary/aromatic N) is 4. The van der Waals surface area contributed by atoms with Crippen LogP contribution < -0.4 is 5.73 Å². The molecule has 0 unspecified atom stereocenters. The second-order valence-electron chi connectivity index (χ2n) is 7.46. The molecule has 3 N–H and O–H groups in total. The van der Waals surface area contributed by atoms with Gasteiger partial charge in [-0.1, -0.05) is 39.5 Å². The number of aliphatic hydroxyl groups excluding tert-OH is 1. The van der Waals surface area contributed by atoms with Gasteiger partial charge in [0.1, 0.15) is 30.2 Å². The van der Waals surface area contributed by atoms with Gasteiger partial charge in [-0.3, -0.25) is 4.57 Å². The summed E-state index contributed by atoms with van der Waals surface area (Å²) in [6.07, 6.45) is 7.02. The first-order chi connectivity index (χ1) is 14.2. The van der Waals surface area contributed by atoms with E-state index in [2.05, 4.69) is 28.8 Å². The minimum atomic E-state index is -0.866. The van der Waals surface area contributed by atoms with E-state index in [1.54, 1.807) is 10.9 Å². The monoisotopic (exact) mass is 407 g/mol. The molecule has 0 radical (unpaired) electrons. The zero-order valence-electron chi connectivity index (χ0n) is 17.4. The van der Waals surface area contributed by atoms with E-state index >= 15 is 0 Å². The third-order valence-corrected chi connectivity index (χ3v) is 5.20. The molecule has 0 aliphatic carbocycles. The van der Waals surface area contributed by atoms with Gasteiger partial charge in [0.25, 0.3) is 0 Å². The fourth-order valence-corrected chi connectivity index (χ4v) is 3.57. The van der Waals surface area contributed by atoms with Crippen LogP contribution in [0.15, 0.2) is 12.7 Å². The summed E-state index contributed by atoms with van der Waals surface area (Å²) in [5.74, 6) is 0.296. The molecule has 3 heterocycles. The summed E-state index contributed by atoms with van der Waals surface area (Å²) in [6.45, 7) is 5.94. The molecule has 3 rings (SSSR count). The molecule has 1 aliphatic rings. The van der Waals surface area contributed by atoms with Crippen molar-refractivity contribution in [2.75, 3.05) is 25.6 Å². The van der Waals surface area contributed by atoms with Gasteiger partial charge in [0.15, 0.2) is 17.7 Å². The van der Waals surface area contributed by atoms with E-state index < -0.39 is 18.4 Å². The molecule has 162 valence electrons. The van der Waals surface area contributed by atoms with E-state index in [9.17, 15) is 5.11 Å². The van der Waals surface area contributed by atoms with Crippen molar-refractivity contribution in [2.24, 2.45) is 0 Å². The van der Waals surface area contributed by atoms with Crippen LogP contribution in [0.2, 0.25) is 0 Å². The Labute approximate surface area is 171 Å². The van der Waals surface area contributed by atoms with Crippen LogP contribution in [0.1, 0.15) is 58.6 Å². The largest absolute Gasteiger partial charge is 0.386 e. The molecule has 4 atom stereocenters. The third kappa shape index (κ3) is 5.22. The normalized spacial score (nSPS) is 24.5. The maximum absolute atomic E-state index is 11.0. The van der Waals surface area contributed by atoms with E-state index in [1.165, 1.54) is 6.33 Å². The molecular weight excluding hydrogens is 374 g/mol. The van der Waals surface area contributed by atoms with Crippen LogP contribution in [0.5, 0.6) is 0 Å². The standard InChI is InChI=1S/C20H33N5O4/c1-3-5-7-9-27-11-14-17(28-10-8-6-4-2)16(26)20(29-14)25-13-24-15-18(21)22-12-23-19(15)25/h12-14,16-17,20,26H,3-11H2,1-2H3,(H2,21,22,23)/t14-,16+,17-,20-/m1/s1. The predicted molar refractivity (Wildman–Crippen MR) is 109 cm³/mol. The second kappa shape index (κ2) is 10.8. The van der Waals surface area contributed by atoms with Gasteiger partial charge in [-0.05, 0) is 12.8 Å². The number of rotatable bonds is 12. The lowest BCUT2D eigenvalue weighted by Crippen LogP contribution is -2.37. The number of imidazole rings is 1. The molecule has 0 bridgehead atoms. The smallest absolute Gasteiger partial charge is 0.167 e. The number of anilines is 1. The van der Waals surface area contributed by atoms with Gasteiger partial charge in [0, 0.05) is 13.2 Å². The fourth-order valence-electron chi connectivity index (χ4n) is 3.57. The number of unbranched alkanes of at least 4 members (excludes halogenated alkanes) is 4. The summed E-state index contributed by atoms with van der Waals surface area (Å²) >= 11 is 0. The van der Waals surface area contributed by atoms with Crippen molar-refractivity contribution in [1.82, 2.24) is 19.5 Å². The van der Waals surface area contributed by atoms with Crippen molar-refractivity contribution in [1.29, 1.82) is 0 Å². The Morgan fingerprint density at radius 3 is 2.62 bits per heavy atom. The number of hydrogen-bond donors (Lipinski definition) is 2. The summed E-state index contributed by atoms with van der Waals surface area (Å²) in [5, 5.41) is 11.0. The van der Waals surface area contributed by atoms with Gasteiger partial charge in [-0.15, -0.1) is 0 Å². The lowest BCUT2D eigenvalue weighted by molar-refractivity contribution is -0.0765. The Hall–Kier alpha value is -1.81. The fraction of sp³-hybridized carbons (Fsp3) is 0.750. The van der Waals surface area contributed by atoms with E-state index in [0.29, 0.717) is 36.8 Å². The van der Waals surface area contributed by atoms with Crippen molar-refractivity contribution in [3.05, 3.63) is 12.7 Å². The number of aromatic nitrogens is 4. The molecule has 0 saturated carbocycles. The van der Waals surface area contributed by atoms with Crippen LogP contribution in [-0.2, 0) is 14.2 Å². The lowest BCUT2D eigenvalue weighted by atomic mass is 10.1. The molecule has 0 amide bonds. The van der Waals surface area contributed by atoms with Crippen LogP contribution in [0.4, 0.5) is 5.82 Å². The summed E-state index contributed by atoms with van der Waals surface area (Å²) in [5.41, 5.74) is 6.90. The Morgan fingerprint density at radius 2 is 1.86 bits per heavy atom.